The lowest BCUT2D eigenvalue weighted by Crippen LogP contribution is -1.80. The molecular weight excluding hydrogens is 1400 g/mol. The van der Waals surface area contributed by atoms with Gasteiger partial charge in [-0.05, 0) is 251 Å². The first-order valence-electron chi connectivity index (χ1n) is 37.0. The molecule has 0 spiro atoms. The van der Waals surface area contributed by atoms with Gasteiger partial charge >= 0.3 is 0 Å². The summed E-state index contributed by atoms with van der Waals surface area (Å²) in [4.78, 5) is 26.0. The summed E-state index contributed by atoms with van der Waals surface area (Å²) in [7, 11) is 2.00. The third-order valence-corrected chi connectivity index (χ3v) is 15.9. The standard InChI is InChI=1S/C9H8O.C9H8S.2C7H8.2C6H7N.2C6H8.C5H6N2.2C5H7N.2C5H6O.C5H6S.C4H5NO.2C4H8/c2*1-7-6-8-4-2-3-5-9(8)10-7;2*1-7-5-3-2-4-6-7;1-6-2-4-7-5-3-6;1-6-4-2-3-5-7-6;2*1-6-4-2-3-5-6;1-5-6-3-2-4-7-5;1-6-4-2-3-5-6;4*1-5-3-2-4-6-5;1-4-2-5-3-6-4;2*1-3-4-2/h2*2-6H,1H3;2*2-6H,1H3;2*2-5H,1H3;2*2,4-5H,3H2,1H3;2-4H,1H3;2-5H,1H3;3-4H,2H2,1H3;3*2-4H,1H3;2-3H,1H3;2*3-4H,1-2H3/b;;;;;;;;;;;;;;;2*4-3+. The minimum Gasteiger partial charge on any atom is -0.470 e. The second kappa shape index (κ2) is 66.6. The number of allylic oxidation sites excluding steroid dienone is 14. The SMILES string of the molecule is C/C=C/C.C/C=C/C.CC1=CCC=C1.CC1=CCC=C1.CC1=CCC=N1.Cc1cc2ccccc2o1.Cc1cc2ccccc2s1.Cc1ccccc1.Cc1ccccc1.Cc1ccccn1.Cc1ccco1.Cc1ccco1.Cc1cccs1.Cc1ccncc1.Cc1cnco1.Cc1ncccn1.Cn1cccc1. The fraction of sp³-hybridized carbons (Fsp3) is 0.224. The number of furan rings is 3. The molecule has 0 radical (unpaired) electrons. The van der Waals surface area contributed by atoms with E-state index in [1.165, 1.54) is 59.5 Å². The van der Waals surface area contributed by atoms with E-state index < -0.39 is 0 Å². The maximum absolute atomic E-state index is 5.37. The Bertz CT molecular complexity index is 3980. The van der Waals surface area contributed by atoms with Gasteiger partial charge in [0.05, 0.1) is 18.7 Å². The summed E-state index contributed by atoms with van der Waals surface area (Å²) in [5.74, 6) is 4.59. The lowest BCUT2D eigenvalue weighted by Gasteiger charge is -1.82. The Morgan fingerprint density at radius 2 is 0.919 bits per heavy atom. The average molecular weight is 1530 g/mol. The van der Waals surface area contributed by atoms with Crippen molar-refractivity contribution in [3.05, 3.63) is 425 Å². The Balaban J connectivity index is 0.000000593. The molecule has 0 N–H and O–H groups in total. The highest BCUT2D eigenvalue weighted by atomic mass is 32.1. The van der Waals surface area contributed by atoms with Crippen LogP contribution in [0.1, 0.15) is 129 Å². The van der Waals surface area contributed by atoms with Crippen molar-refractivity contribution in [2.45, 2.75) is 144 Å². The van der Waals surface area contributed by atoms with Crippen molar-refractivity contribution in [3.63, 3.8) is 0 Å². The van der Waals surface area contributed by atoms with Gasteiger partial charge in [-0.3, -0.25) is 15.0 Å². The smallest absolute Gasteiger partial charge is 0.180 e. The highest BCUT2D eigenvalue weighted by molar-refractivity contribution is 7.19. The maximum atomic E-state index is 5.37. The second-order valence-electron chi connectivity index (χ2n) is 24.4. The molecule has 0 fully saturated rings. The molecule has 17 rings (SSSR count). The number of hydrogen-bond donors (Lipinski definition) is 0. The van der Waals surface area contributed by atoms with Crippen LogP contribution in [0.2, 0.25) is 0 Å². The number of oxazole rings is 1. The van der Waals surface area contributed by atoms with E-state index in [2.05, 4.69) is 186 Å². The molecule has 11 nitrogen and oxygen atoms in total. The molecule has 3 aliphatic rings. The van der Waals surface area contributed by atoms with Crippen molar-refractivity contribution in [2.24, 2.45) is 12.0 Å². The van der Waals surface area contributed by atoms with Crippen molar-refractivity contribution in [1.82, 2.24) is 29.5 Å². The van der Waals surface area contributed by atoms with Crippen LogP contribution in [0.4, 0.5) is 0 Å². The van der Waals surface area contributed by atoms with Crippen LogP contribution in [0.5, 0.6) is 0 Å². The van der Waals surface area contributed by atoms with Crippen molar-refractivity contribution < 1.29 is 17.7 Å². The summed E-state index contributed by atoms with van der Waals surface area (Å²) in [5, 5.41) is 4.62. The van der Waals surface area contributed by atoms with Gasteiger partial charge < -0.3 is 22.2 Å². The maximum Gasteiger partial charge on any atom is 0.180 e. The molecule has 0 unspecified atom stereocenters. The zero-order valence-electron chi connectivity index (χ0n) is 69.2. The first-order valence-corrected chi connectivity index (χ1v) is 38.7. The Labute approximate surface area is 673 Å². The van der Waals surface area contributed by atoms with Crippen molar-refractivity contribution in [2.75, 3.05) is 0 Å². The molecule has 111 heavy (non-hydrogen) atoms. The number of fused-ring (bicyclic) bond motifs is 2. The number of aryl methyl sites for hydroxylation is 12. The largest absolute Gasteiger partial charge is 0.470 e. The fourth-order valence-electron chi connectivity index (χ4n) is 7.95. The summed E-state index contributed by atoms with van der Waals surface area (Å²) >= 11 is 3.63. The fourth-order valence-corrected chi connectivity index (χ4v) is 9.41. The van der Waals surface area contributed by atoms with E-state index in [0.29, 0.717) is 0 Å². The number of aromatic nitrogens is 6. The van der Waals surface area contributed by atoms with Crippen molar-refractivity contribution in [3.8, 4) is 0 Å². The number of hydrogen-bond acceptors (Lipinski definition) is 12. The molecule has 10 aromatic heterocycles. The molecule has 584 valence electrons. The zero-order chi connectivity index (χ0) is 81.6. The first-order chi connectivity index (χ1) is 53.7. The van der Waals surface area contributed by atoms with E-state index >= 15 is 0 Å². The topological polar surface area (TPSA) is 134 Å². The van der Waals surface area contributed by atoms with E-state index in [1.807, 2.05) is 282 Å². The third-order valence-electron chi connectivity index (χ3n) is 14.0. The molecule has 13 heteroatoms. The Hall–Kier alpha value is -11.6. The van der Waals surface area contributed by atoms with Gasteiger partial charge in [0.1, 0.15) is 34.4 Å². The highest BCUT2D eigenvalue weighted by Crippen LogP contribution is 2.24. The second-order valence-corrected chi connectivity index (χ2v) is 26.9. The van der Waals surface area contributed by atoms with Crippen LogP contribution < -0.4 is 0 Å². The highest BCUT2D eigenvalue weighted by Gasteiger charge is 1.96. The summed E-state index contributed by atoms with van der Waals surface area (Å²) in [6.07, 6.45) is 47.6. The van der Waals surface area contributed by atoms with Gasteiger partial charge in [0.2, 0.25) is 0 Å². The zero-order valence-corrected chi connectivity index (χ0v) is 70.8. The molecule has 4 aromatic carbocycles. The van der Waals surface area contributed by atoms with Gasteiger partial charge in [-0.25, -0.2) is 15.0 Å². The Kier molecular flexibility index (Phi) is 58.4. The van der Waals surface area contributed by atoms with Crippen molar-refractivity contribution >= 4 is 49.9 Å². The van der Waals surface area contributed by atoms with Gasteiger partial charge in [0, 0.05) is 94.3 Å². The van der Waals surface area contributed by atoms with E-state index in [1.54, 1.807) is 67.1 Å². The molecule has 0 amide bonds. The molecule has 0 atom stereocenters. The van der Waals surface area contributed by atoms with Crippen LogP contribution in [-0.4, -0.2) is 35.7 Å². The molecule has 0 bridgehead atoms. The summed E-state index contributed by atoms with van der Waals surface area (Å²) < 4.78 is 23.1. The van der Waals surface area contributed by atoms with E-state index in [9.17, 15) is 0 Å². The van der Waals surface area contributed by atoms with E-state index in [-0.39, 0.29) is 0 Å². The molecule has 0 saturated carbocycles. The molecular formula is C98H121N7O4S2. The summed E-state index contributed by atoms with van der Waals surface area (Å²) in [5.41, 5.74) is 9.89. The average Bonchev–Trinajstić information content (AvgIpc) is 1.72. The Morgan fingerprint density at radius 1 is 0.405 bits per heavy atom. The molecule has 14 aromatic rings. The van der Waals surface area contributed by atoms with E-state index in [0.717, 1.165) is 65.1 Å². The normalized spacial score (nSPS) is 10.7. The summed E-state index contributed by atoms with van der Waals surface area (Å²) in [6, 6.07) is 68.6. The number of benzene rings is 4. The van der Waals surface area contributed by atoms with E-state index in [4.69, 9.17) is 17.7 Å². The number of nitrogens with zero attached hydrogens (tertiary/aromatic N) is 7. The number of aliphatic imine (C=N–C) groups is 1. The van der Waals surface area contributed by atoms with Crippen LogP contribution in [-0.2, 0) is 7.05 Å². The molecule has 11 heterocycles. The van der Waals surface area contributed by atoms with Crippen LogP contribution in [0, 0.1) is 76.2 Å². The van der Waals surface area contributed by atoms with Crippen LogP contribution in [0.3, 0.4) is 0 Å². The predicted molar refractivity (Wildman–Crippen MR) is 480 cm³/mol. The molecule has 1 aliphatic heterocycles. The number of para-hydroxylation sites is 1. The van der Waals surface area contributed by atoms with Crippen LogP contribution >= 0.6 is 22.7 Å². The monoisotopic (exact) mass is 1520 g/mol. The van der Waals surface area contributed by atoms with Gasteiger partial charge in [-0.1, -0.05) is 198 Å². The van der Waals surface area contributed by atoms with Gasteiger partial charge in [0.15, 0.2) is 6.39 Å². The number of pyridine rings is 2. The summed E-state index contributed by atoms with van der Waals surface area (Å²) in [6.45, 7) is 36.2. The van der Waals surface area contributed by atoms with Gasteiger partial charge in [-0.15, -0.1) is 22.7 Å². The number of thiophene rings is 2. The third kappa shape index (κ3) is 59.1. The van der Waals surface area contributed by atoms with Crippen molar-refractivity contribution in [1.29, 1.82) is 0 Å². The number of rotatable bonds is 0. The molecule has 2 aliphatic carbocycles. The minimum atomic E-state index is 0.822. The van der Waals surface area contributed by atoms with Crippen LogP contribution in [0.15, 0.2) is 386 Å². The first kappa shape index (κ1) is 97.4. The molecule has 0 saturated heterocycles. The Morgan fingerprint density at radius 3 is 1.18 bits per heavy atom. The van der Waals surface area contributed by atoms with Gasteiger partial charge in [0.25, 0.3) is 0 Å². The van der Waals surface area contributed by atoms with Gasteiger partial charge in [-0.2, -0.15) is 0 Å². The lowest BCUT2D eigenvalue weighted by atomic mass is 10.2. The van der Waals surface area contributed by atoms with Crippen LogP contribution in [0.25, 0.3) is 21.1 Å². The minimum absolute atomic E-state index is 0.822. The lowest BCUT2D eigenvalue weighted by molar-refractivity contribution is 0.527. The quantitative estimate of drug-likeness (QED) is 0.136. The predicted octanol–water partition coefficient (Wildman–Crippen LogP) is 29.1.